The van der Waals surface area contributed by atoms with Crippen molar-refractivity contribution in [2.45, 2.75) is 45.1 Å². The van der Waals surface area contributed by atoms with Crippen LogP contribution in [0.5, 0.6) is 0 Å². The minimum absolute atomic E-state index is 0.204. The van der Waals surface area contributed by atoms with E-state index in [1.165, 1.54) is 50.8 Å². The Morgan fingerprint density at radius 1 is 1.16 bits per heavy atom. The van der Waals surface area contributed by atoms with Crippen molar-refractivity contribution >= 4 is 12.6 Å². The largest absolute Gasteiger partial charge is 0.492 e. The number of alkyl halides is 3. The summed E-state index contributed by atoms with van der Waals surface area (Å²) < 4.78 is 47.0. The molecule has 0 fully saturated rings. The van der Waals surface area contributed by atoms with Crippen LogP contribution in [0.1, 0.15) is 33.3 Å². The molecule has 0 atom stereocenters. The minimum atomic E-state index is -4.69. The molecule has 9 heteroatoms. The lowest BCUT2D eigenvalue weighted by Gasteiger charge is -2.38. The molecule has 5 nitrogen and oxygen atoms in total. The predicted octanol–water partition coefficient (Wildman–Crippen LogP) is 2.14. The van der Waals surface area contributed by atoms with E-state index >= 15 is 0 Å². The summed E-state index contributed by atoms with van der Waals surface area (Å²) in [5, 5.41) is 24.2. The van der Waals surface area contributed by atoms with Crippen LogP contribution in [0.4, 0.5) is 13.2 Å². The highest BCUT2D eigenvalue weighted by Crippen LogP contribution is 2.31. The maximum absolute atomic E-state index is 13.5. The zero-order chi connectivity index (χ0) is 19.0. The second kappa shape index (κ2) is 6.47. The van der Waals surface area contributed by atoms with Crippen molar-refractivity contribution in [1.82, 2.24) is 9.78 Å². The van der Waals surface area contributed by atoms with Gasteiger partial charge in [0.05, 0.1) is 22.5 Å². The Bertz CT molecular complexity index is 725. The number of benzene rings is 1. The second-order valence-electron chi connectivity index (χ2n) is 6.76. The van der Waals surface area contributed by atoms with Crippen LogP contribution in [0.2, 0.25) is 0 Å². The molecule has 0 radical (unpaired) electrons. The van der Waals surface area contributed by atoms with Crippen LogP contribution in [-0.2, 0) is 10.8 Å². The van der Waals surface area contributed by atoms with Gasteiger partial charge in [0.25, 0.3) is 0 Å². The van der Waals surface area contributed by atoms with Crippen molar-refractivity contribution in [3.05, 3.63) is 42.2 Å². The first-order valence-electron chi connectivity index (χ1n) is 7.62. The molecule has 136 valence electrons. The summed E-state index contributed by atoms with van der Waals surface area (Å²) in [5.74, 6) is 0. The van der Waals surface area contributed by atoms with E-state index in [2.05, 4.69) is 5.10 Å². The summed E-state index contributed by atoms with van der Waals surface area (Å²) in [7, 11) is -1.86. The third-order valence-corrected chi connectivity index (χ3v) is 4.26. The van der Waals surface area contributed by atoms with E-state index < -0.39 is 35.5 Å². The van der Waals surface area contributed by atoms with E-state index in [0.29, 0.717) is 0 Å². The number of nitrogens with zero attached hydrogens (tertiary/aromatic N) is 2. The zero-order valence-electron chi connectivity index (χ0n) is 14.4. The quantitative estimate of drug-likeness (QED) is 0.806. The highest BCUT2D eigenvalue weighted by Gasteiger charge is 2.43. The molecule has 0 aliphatic rings. The Balaban J connectivity index is 2.43. The standard InChI is InChI=1S/C16H20BF3N2O3/c1-14(2,23)15(3,4)25-17(24)13-7-6-11(22-9-5-8-21-22)10-12(13)16(18,19)20/h5-10,23-24H,1-4H3. The van der Waals surface area contributed by atoms with Gasteiger partial charge >= 0.3 is 13.3 Å². The van der Waals surface area contributed by atoms with Gasteiger partial charge in [-0.3, -0.25) is 0 Å². The molecular weight excluding hydrogens is 336 g/mol. The topological polar surface area (TPSA) is 67.5 Å². The first-order chi connectivity index (χ1) is 11.3. The zero-order valence-corrected chi connectivity index (χ0v) is 14.4. The number of aliphatic hydroxyl groups is 1. The molecule has 0 bridgehead atoms. The molecule has 0 aliphatic heterocycles. The molecule has 2 rings (SSSR count). The summed E-state index contributed by atoms with van der Waals surface area (Å²) in [6.07, 6.45) is -1.73. The molecule has 0 unspecified atom stereocenters. The average molecular weight is 356 g/mol. The maximum atomic E-state index is 13.5. The fraction of sp³-hybridized carbons (Fsp3) is 0.438. The fourth-order valence-electron chi connectivity index (χ4n) is 2.06. The van der Waals surface area contributed by atoms with Gasteiger partial charge in [-0.25, -0.2) is 4.68 Å². The molecular formula is C16H20BF3N2O3. The normalized spacial score (nSPS) is 13.2. The predicted molar refractivity (Wildman–Crippen MR) is 87.6 cm³/mol. The second-order valence-corrected chi connectivity index (χ2v) is 6.76. The van der Waals surface area contributed by atoms with Crippen LogP contribution in [-0.4, -0.2) is 38.2 Å². The van der Waals surface area contributed by atoms with Crippen molar-refractivity contribution in [2.75, 3.05) is 0 Å². The SMILES string of the molecule is CC(C)(O)C(C)(C)OB(O)c1ccc(-n2cccn2)cc1C(F)(F)F. The van der Waals surface area contributed by atoms with Crippen molar-refractivity contribution in [1.29, 1.82) is 0 Å². The molecule has 0 spiro atoms. The molecule has 0 aliphatic carbocycles. The van der Waals surface area contributed by atoms with Crippen LogP contribution < -0.4 is 5.46 Å². The van der Waals surface area contributed by atoms with Crippen molar-refractivity contribution in [3.63, 3.8) is 0 Å². The Labute approximate surface area is 144 Å². The van der Waals surface area contributed by atoms with Crippen LogP contribution in [0.15, 0.2) is 36.7 Å². The van der Waals surface area contributed by atoms with E-state index in [1.807, 2.05) is 0 Å². The Hall–Kier alpha value is -1.84. The molecule has 1 aromatic heterocycles. The van der Waals surface area contributed by atoms with Gasteiger partial charge in [0, 0.05) is 12.4 Å². The summed E-state index contributed by atoms with van der Waals surface area (Å²) in [6, 6.07) is 5.03. The summed E-state index contributed by atoms with van der Waals surface area (Å²) in [6.45, 7) is 5.87. The van der Waals surface area contributed by atoms with Crippen LogP contribution in [0.25, 0.3) is 5.69 Å². The number of hydrogen-bond donors (Lipinski definition) is 2. The summed E-state index contributed by atoms with van der Waals surface area (Å²) in [5.41, 5.74) is -3.91. The Kier molecular flexibility index (Phi) is 5.05. The molecule has 0 saturated carbocycles. The molecule has 25 heavy (non-hydrogen) atoms. The van der Waals surface area contributed by atoms with Crippen LogP contribution in [0.3, 0.4) is 0 Å². The molecule has 2 N–H and O–H groups in total. The molecule has 1 aromatic carbocycles. The van der Waals surface area contributed by atoms with Crippen molar-refractivity contribution in [3.8, 4) is 5.69 Å². The van der Waals surface area contributed by atoms with Gasteiger partial charge in [0.15, 0.2) is 0 Å². The van der Waals surface area contributed by atoms with Gasteiger partial charge in [-0.05, 0) is 51.4 Å². The summed E-state index contributed by atoms with van der Waals surface area (Å²) in [4.78, 5) is 0. The Morgan fingerprint density at radius 3 is 2.28 bits per heavy atom. The lowest BCUT2D eigenvalue weighted by atomic mass is 9.73. The van der Waals surface area contributed by atoms with Crippen LogP contribution >= 0.6 is 0 Å². The highest BCUT2D eigenvalue weighted by molar-refractivity contribution is 6.60. The highest BCUT2D eigenvalue weighted by atomic mass is 19.4. The van der Waals surface area contributed by atoms with E-state index in [0.717, 1.165) is 12.1 Å². The van der Waals surface area contributed by atoms with E-state index in [9.17, 15) is 23.3 Å². The van der Waals surface area contributed by atoms with E-state index in [-0.39, 0.29) is 5.69 Å². The third kappa shape index (κ3) is 4.23. The smallest absolute Gasteiger partial charge is 0.423 e. The van der Waals surface area contributed by atoms with Crippen LogP contribution in [0, 0.1) is 0 Å². The number of halogens is 3. The number of rotatable bonds is 5. The molecule has 0 amide bonds. The van der Waals surface area contributed by atoms with Gasteiger partial charge in [0.1, 0.15) is 0 Å². The lowest BCUT2D eigenvalue weighted by Crippen LogP contribution is -2.54. The lowest BCUT2D eigenvalue weighted by molar-refractivity contribution is -0.137. The van der Waals surface area contributed by atoms with Crippen molar-refractivity contribution in [2.24, 2.45) is 0 Å². The van der Waals surface area contributed by atoms with Gasteiger partial charge < -0.3 is 14.8 Å². The average Bonchev–Trinajstić information content (AvgIpc) is 2.98. The monoisotopic (exact) mass is 356 g/mol. The summed E-state index contributed by atoms with van der Waals surface area (Å²) >= 11 is 0. The van der Waals surface area contributed by atoms with Gasteiger partial charge in [-0.1, -0.05) is 6.07 Å². The Morgan fingerprint density at radius 2 is 1.80 bits per heavy atom. The fourth-order valence-corrected chi connectivity index (χ4v) is 2.06. The maximum Gasteiger partial charge on any atom is 0.492 e. The molecule has 0 saturated heterocycles. The van der Waals surface area contributed by atoms with Gasteiger partial charge in [-0.15, -0.1) is 0 Å². The van der Waals surface area contributed by atoms with Gasteiger partial charge in [-0.2, -0.15) is 18.3 Å². The molecule has 1 heterocycles. The number of hydrogen-bond acceptors (Lipinski definition) is 4. The first-order valence-corrected chi connectivity index (χ1v) is 7.62. The van der Waals surface area contributed by atoms with E-state index in [1.54, 1.807) is 6.07 Å². The first kappa shape index (κ1) is 19.5. The molecule has 2 aromatic rings. The third-order valence-electron chi connectivity index (χ3n) is 4.26. The number of aromatic nitrogens is 2. The van der Waals surface area contributed by atoms with E-state index in [4.69, 9.17) is 4.65 Å². The minimum Gasteiger partial charge on any atom is -0.423 e. The van der Waals surface area contributed by atoms with Crippen molar-refractivity contribution < 1.29 is 28.0 Å². The van der Waals surface area contributed by atoms with Gasteiger partial charge in [0.2, 0.25) is 0 Å².